The van der Waals surface area contributed by atoms with Crippen LogP contribution in [0.5, 0.6) is 0 Å². The highest BCUT2D eigenvalue weighted by Crippen LogP contribution is 2.42. The van der Waals surface area contributed by atoms with E-state index in [0.29, 0.717) is 38.0 Å². The number of amides is 1. The number of aliphatic carboxylic acids is 1. The van der Waals surface area contributed by atoms with Crippen molar-refractivity contribution >= 4 is 11.9 Å². The van der Waals surface area contributed by atoms with E-state index < -0.39 is 17.7 Å². The second-order valence-electron chi connectivity index (χ2n) is 6.89. The van der Waals surface area contributed by atoms with Gasteiger partial charge in [0.25, 0.3) is 0 Å². The van der Waals surface area contributed by atoms with Gasteiger partial charge in [0.1, 0.15) is 6.04 Å². The monoisotopic (exact) mass is 317 g/mol. The van der Waals surface area contributed by atoms with Gasteiger partial charge in [-0.25, -0.2) is 4.79 Å². The minimum absolute atomic E-state index is 0.0656. The van der Waals surface area contributed by atoms with E-state index in [1.54, 1.807) is 4.90 Å². The summed E-state index contributed by atoms with van der Waals surface area (Å²) in [4.78, 5) is 25.9. The molecule has 0 aromatic heterocycles. The fourth-order valence-electron chi connectivity index (χ4n) is 4.14. The van der Waals surface area contributed by atoms with Gasteiger partial charge in [-0.1, -0.05) is 12.8 Å². The van der Waals surface area contributed by atoms with Gasteiger partial charge in [-0.3, -0.25) is 4.79 Å². The number of carbonyl (C=O) groups excluding carboxylic acids is 1. The molecule has 0 radical (unpaired) electrons. The Morgan fingerprint density at radius 3 is 2.65 bits per heavy atom. The van der Waals surface area contributed by atoms with Crippen LogP contribution in [0.15, 0.2) is 10.2 Å². The lowest BCUT2D eigenvalue weighted by Crippen LogP contribution is -2.46. The highest BCUT2D eigenvalue weighted by atomic mass is 16.4. The molecule has 0 spiro atoms. The van der Waals surface area contributed by atoms with E-state index in [1.165, 1.54) is 0 Å². The topological polar surface area (TPSA) is 82.3 Å². The molecule has 1 saturated heterocycles. The van der Waals surface area contributed by atoms with Crippen molar-refractivity contribution in [3.05, 3.63) is 0 Å². The zero-order valence-corrected chi connectivity index (χ0v) is 13.3. The normalized spacial score (nSPS) is 30.6. The van der Waals surface area contributed by atoms with E-state index in [1.807, 2.05) is 0 Å². The van der Waals surface area contributed by atoms with Crippen LogP contribution >= 0.6 is 0 Å². The molecule has 1 N–H and O–H groups in total. The first-order valence-electron chi connectivity index (χ1n) is 8.48. The Morgan fingerprint density at radius 2 is 2.00 bits per heavy atom. The smallest absolute Gasteiger partial charge is 0.326 e. The second kappa shape index (κ2) is 6.31. The maximum absolute atomic E-state index is 12.7. The lowest BCUT2D eigenvalue weighted by atomic mass is 9.84. The summed E-state index contributed by atoms with van der Waals surface area (Å²) in [5, 5.41) is 17.6. The quantitative estimate of drug-likeness (QED) is 0.764. The van der Waals surface area contributed by atoms with Gasteiger partial charge in [-0.2, -0.15) is 10.2 Å². The van der Waals surface area contributed by atoms with Crippen LogP contribution in [0.3, 0.4) is 0 Å². The number of carbonyl (C=O) groups is 2. The van der Waals surface area contributed by atoms with Crippen LogP contribution in [0.2, 0.25) is 0 Å². The maximum Gasteiger partial charge on any atom is 0.326 e. The molecule has 3 rings (SSSR count). The van der Waals surface area contributed by atoms with Crippen molar-refractivity contribution in [3.63, 3.8) is 0 Å². The molecule has 3 unspecified atom stereocenters. The van der Waals surface area contributed by atoms with Crippen molar-refractivity contribution in [1.82, 2.24) is 4.90 Å². The standard InChI is InChI=1S/C17H23N3O3/c1-2-3-9-17(18-19-17)10-8-15(21)20-13-7-5-4-6-12(13)11-14(20)16(22)23/h1,12-14H,3-11H2,(H,22,23). The van der Waals surface area contributed by atoms with Gasteiger partial charge < -0.3 is 10.0 Å². The molecule has 6 heteroatoms. The summed E-state index contributed by atoms with van der Waals surface area (Å²) >= 11 is 0. The predicted octanol–water partition coefficient (Wildman–Crippen LogP) is 2.59. The van der Waals surface area contributed by atoms with Crippen LogP contribution < -0.4 is 0 Å². The molecule has 0 aromatic carbocycles. The number of fused-ring (bicyclic) bond motifs is 1. The molecule has 6 nitrogen and oxygen atoms in total. The Bertz CT molecular complexity index is 560. The molecule has 1 saturated carbocycles. The third kappa shape index (κ3) is 3.24. The zero-order chi connectivity index (χ0) is 16.4. The number of likely N-dealkylation sites (tertiary alicyclic amines) is 1. The number of carboxylic acids is 1. The van der Waals surface area contributed by atoms with Crippen LogP contribution in [-0.4, -0.2) is 39.6 Å². The first-order valence-corrected chi connectivity index (χ1v) is 8.48. The van der Waals surface area contributed by atoms with Crippen molar-refractivity contribution in [2.75, 3.05) is 0 Å². The van der Waals surface area contributed by atoms with E-state index >= 15 is 0 Å². The Morgan fingerprint density at radius 1 is 1.26 bits per heavy atom. The minimum atomic E-state index is -0.879. The molecular weight excluding hydrogens is 294 g/mol. The molecule has 1 amide bonds. The number of rotatable bonds is 6. The van der Waals surface area contributed by atoms with Crippen LogP contribution in [-0.2, 0) is 9.59 Å². The minimum Gasteiger partial charge on any atom is -0.480 e. The molecule has 124 valence electrons. The lowest BCUT2D eigenvalue weighted by molar-refractivity contribution is -0.150. The number of carboxylic acid groups (broad SMARTS) is 1. The highest BCUT2D eigenvalue weighted by Gasteiger charge is 2.48. The van der Waals surface area contributed by atoms with Crippen molar-refractivity contribution in [2.45, 2.75) is 75.5 Å². The van der Waals surface area contributed by atoms with Crippen LogP contribution in [0, 0.1) is 18.3 Å². The zero-order valence-electron chi connectivity index (χ0n) is 13.3. The molecular formula is C17H23N3O3. The molecule has 2 heterocycles. The van der Waals surface area contributed by atoms with Gasteiger partial charge in [0.15, 0.2) is 5.66 Å². The summed E-state index contributed by atoms with van der Waals surface area (Å²) in [6.07, 6.45) is 12.1. The Hall–Kier alpha value is -1.90. The molecule has 1 aliphatic carbocycles. The molecule has 2 aliphatic heterocycles. The van der Waals surface area contributed by atoms with Gasteiger partial charge in [0, 0.05) is 31.7 Å². The van der Waals surface area contributed by atoms with Crippen LogP contribution in [0.4, 0.5) is 0 Å². The fraction of sp³-hybridized carbons (Fsp3) is 0.765. The Balaban J connectivity index is 1.62. The van der Waals surface area contributed by atoms with Crippen molar-refractivity contribution < 1.29 is 14.7 Å². The van der Waals surface area contributed by atoms with Gasteiger partial charge in [-0.15, -0.1) is 12.3 Å². The first-order chi connectivity index (χ1) is 11.1. The summed E-state index contributed by atoms with van der Waals surface area (Å²) in [6.45, 7) is 0. The SMILES string of the molecule is C#CCCC1(CCC(=O)N2C(C(=O)O)CC3CCCCC32)N=N1. The summed E-state index contributed by atoms with van der Waals surface area (Å²) in [5.74, 6) is 1.97. The third-order valence-corrected chi connectivity index (χ3v) is 5.45. The molecule has 0 bridgehead atoms. The highest BCUT2D eigenvalue weighted by molar-refractivity contribution is 5.84. The molecule has 3 aliphatic rings. The first kappa shape index (κ1) is 16.0. The number of nitrogens with zero attached hydrogens (tertiary/aromatic N) is 3. The molecule has 23 heavy (non-hydrogen) atoms. The van der Waals surface area contributed by atoms with Crippen LogP contribution in [0.25, 0.3) is 0 Å². The van der Waals surface area contributed by atoms with Gasteiger partial charge in [0.05, 0.1) is 0 Å². The average Bonchev–Trinajstić information content (AvgIpc) is 3.21. The lowest BCUT2D eigenvalue weighted by Gasteiger charge is -2.33. The van der Waals surface area contributed by atoms with E-state index in [9.17, 15) is 14.7 Å². The van der Waals surface area contributed by atoms with Crippen molar-refractivity contribution in [1.29, 1.82) is 0 Å². The number of hydrogen-bond acceptors (Lipinski definition) is 4. The second-order valence-corrected chi connectivity index (χ2v) is 6.89. The number of hydrogen-bond donors (Lipinski definition) is 1. The fourth-order valence-corrected chi connectivity index (χ4v) is 4.14. The van der Waals surface area contributed by atoms with E-state index in [-0.39, 0.29) is 11.9 Å². The summed E-state index contributed by atoms with van der Waals surface area (Å²) in [6, 6.07) is -0.558. The predicted molar refractivity (Wildman–Crippen MR) is 83.5 cm³/mol. The molecule has 0 aromatic rings. The Kier molecular flexibility index (Phi) is 4.38. The van der Waals surface area contributed by atoms with Crippen molar-refractivity contribution in [3.8, 4) is 12.3 Å². The summed E-state index contributed by atoms with van der Waals surface area (Å²) in [7, 11) is 0. The summed E-state index contributed by atoms with van der Waals surface area (Å²) < 4.78 is 0. The number of terminal acetylenes is 1. The third-order valence-electron chi connectivity index (χ3n) is 5.45. The van der Waals surface area contributed by atoms with E-state index in [4.69, 9.17) is 6.42 Å². The van der Waals surface area contributed by atoms with Crippen molar-refractivity contribution in [2.24, 2.45) is 16.1 Å². The van der Waals surface area contributed by atoms with Crippen LogP contribution in [0.1, 0.15) is 57.8 Å². The van der Waals surface area contributed by atoms with Gasteiger partial charge >= 0.3 is 5.97 Å². The van der Waals surface area contributed by atoms with Gasteiger partial charge in [0.2, 0.25) is 5.91 Å². The maximum atomic E-state index is 12.7. The van der Waals surface area contributed by atoms with Gasteiger partial charge in [-0.05, 0) is 25.2 Å². The molecule has 2 fully saturated rings. The average molecular weight is 317 g/mol. The summed E-state index contributed by atoms with van der Waals surface area (Å²) in [5.41, 5.74) is -0.480. The van der Waals surface area contributed by atoms with E-state index in [0.717, 1.165) is 25.7 Å². The molecule has 3 atom stereocenters. The Labute approximate surface area is 136 Å². The van der Waals surface area contributed by atoms with E-state index in [2.05, 4.69) is 16.1 Å². The largest absolute Gasteiger partial charge is 0.480 e.